The minimum atomic E-state index is 0. The number of methoxy groups -OCH3 is 1. The maximum Gasteiger partial charge on any atom is 0.257 e. The highest BCUT2D eigenvalue weighted by Gasteiger charge is 2.38. The number of hydrogen-bond acceptors (Lipinski definition) is 3. The Morgan fingerprint density at radius 1 is 1.26 bits per heavy atom. The summed E-state index contributed by atoms with van der Waals surface area (Å²) in [6.45, 7) is 3.82. The Labute approximate surface area is 119 Å². The van der Waals surface area contributed by atoms with E-state index in [1.165, 1.54) is 0 Å². The summed E-state index contributed by atoms with van der Waals surface area (Å²) in [7, 11) is 1.61. The first-order valence-corrected chi connectivity index (χ1v) is 6.42. The minimum Gasteiger partial charge on any atom is -0.496 e. The molecule has 2 atom stereocenters. The van der Waals surface area contributed by atoms with Gasteiger partial charge in [0.15, 0.2) is 0 Å². The second-order valence-electron chi connectivity index (χ2n) is 5.09. The highest BCUT2D eigenvalue weighted by Crippen LogP contribution is 2.29. The Kier molecular flexibility index (Phi) is 4.32. The first-order valence-electron chi connectivity index (χ1n) is 6.42. The first kappa shape index (κ1) is 14.2. The number of amides is 1. The summed E-state index contributed by atoms with van der Waals surface area (Å²) < 4.78 is 5.26. The van der Waals surface area contributed by atoms with Gasteiger partial charge < -0.3 is 15.0 Å². The molecule has 0 aliphatic carbocycles. The molecule has 1 amide bonds. The Balaban J connectivity index is 0.00000133. The van der Waals surface area contributed by atoms with Gasteiger partial charge in [0.2, 0.25) is 0 Å². The van der Waals surface area contributed by atoms with Crippen molar-refractivity contribution >= 4 is 18.3 Å². The molecule has 104 valence electrons. The Morgan fingerprint density at radius 2 is 1.89 bits per heavy atom. The number of carbonyl (C=O) groups excluding carboxylic acids is 1. The highest BCUT2D eigenvalue weighted by atomic mass is 35.5. The molecule has 2 aliphatic rings. The van der Waals surface area contributed by atoms with Crippen LogP contribution in [0.4, 0.5) is 0 Å². The molecule has 0 bridgehead atoms. The van der Waals surface area contributed by atoms with E-state index < -0.39 is 0 Å². The topological polar surface area (TPSA) is 41.6 Å². The van der Waals surface area contributed by atoms with Crippen LogP contribution in [0.2, 0.25) is 0 Å². The van der Waals surface area contributed by atoms with E-state index in [0.717, 1.165) is 26.2 Å². The van der Waals surface area contributed by atoms with Gasteiger partial charge >= 0.3 is 0 Å². The quantitative estimate of drug-likeness (QED) is 0.892. The number of nitrogens with zero attached hydrogens (tertiary/aromatic N) is 1. The molecule has 1 N–H and O–H groups in total. The van der Waals surface area contributed by atoms with Crippen LogP contribution in [0.25, 0.3) is 0 Å². The molecule has 5 heteroatoms. The van der Waals surface area contributed by atoms with Crippen molar-refractivity contribution in [2.75, 3.05) is 33.3 Å². The van der Waals surface area contributed by atoms with Gasteiger partial charge in [0, 0.05) is 26.2 Å². The zero-order chi connectivity index (χ0) is 12.5. The first-order chi connectivity index (χ1) is 8.79. The summed E-state index contributed by atoms with van der Waals surface area (Å²) >= 11 is 0. The van der Waals surface area contributed by atoms with Gasteiger partial charge in [-0.2, -0.15) is 0 Å². The van der Waals surface area contributed by atoms with Gasteiger partial charge in [-0.1, -0.05) is 12.1 Å². The predicted molar refractivity (Wildman–Crippen MR) is 76.0 cm³/mol. The largest absolute Gasteiger partial charge is 0.496 e. The van der Waals surface area contributed by atoms with E-state index in [0.29, 0.717) is 23.1 Å². The molecular formula is C14H19ClN2O2. The van der Waals surface area contributed by atoms with Crippen molar-refractivity contribution in [3.8, 4) is 5.75 Å². The van der Waals surface area contributed by atoms with Gasteiger partial charge in [0.05, 0.1) is 12.7 Å². The molecular weight excluding hydrogens is 264 g/mol. The standard InChI is InChI=1S/C14H18N2O2.ClH/c1-18-13-5-3-2-4-12(13)14(17)16-8-10-6-15-7-11(10)9-16;/h2-5,10-11,15H,6-9H2,1H3;1H/t10-,11+;. The average Bonchev–Trinajstić information content (AvgIpc) is 2.98. The van der Waals surface area contributed by atoms with Gasteiger partial charge in [0.25, 0.3) is 5.91 Å². The van der Waals surface area contributed by atoms with Crippen LogP contribution in [0.5, 0.6) is 5.75 Å². The third-order valence-electron chi connectivity index (χ3n) is 4.01. The molecule has 0 radical (unpaired) electrons. The lowest BCUT2D eigenvalue weighted by Crippen LogP contribution is -2.32. The minimum absolute atomic E-state index is 0. The number of likely N-dealkylation sites (tertiary alicyclic amines) is 1. The zero-order valence-electron chi connectivity index (χ0n) is 11.0. The fourth-order valence-electron chi connectivity index (χ4n) is 3.01. The molecule has 1 aromatic rings. The van der Waals surface area contributed by atoms with Crippen LogP contribution in [-0.4, -0.2) is 44.1 Å². The van der Waals surface area contributed by atoms with Crippen LogP contribution in [0.15, 0.2) is 24.3 Å². The number of halogens is 1. The summed E-state index contributed by atoms with van der Waals surface area (Å²) in [5, 5.41) is 3.38. The summed E-state index contributed by atoms with van der Waals surface area (Å²) in [5.41, 5.74) is 0.674. The van der Waals surface area contributed by atoms with Gasteiger partial charge in [-0.05, 0) is 24.0 Å². The average molecular weight is 283 g/mol. The number of benzene rings is 1. The van der Waals surface area contributed by atoms with Gasteiger partial charge in [-0.3, -0.25) is 4.79 Å². The van der Waals surface area contributed by atoms with Crippen molar-refractivity contribution in [3.05, 3.63) is 29.8 Å². The zero-order valence-corrected chi connectivity index (χ0v) is 11.8. The smallest absolute Gasteiger partial charge is 0.257 e. The van der Waals surface area contributed by atoms with E-state index in [9.17, 15) is 4.79 Å². The molecule has 0 unspecified atom stereocenters. The molecule has 0 spiro atoms. The molecule has 1 aromatic carbocycles. The van der Waals surface area contributed by atoms with Gasteiger partial charge in [0.1, 0.15) is 5.75 Å². The monoisotopic (exact) mass is 282 g/mol. The lowest BCUT2D eigenvalue weighted by Gasteiger charge is -2.18. The summed E-state index contributed by atoms with van der Waals surface area (Å²) in [6.07, 6.45) is 0. The van der Waals surface area contributed by atoms with Crippen LogP contribution in [0, 0.1) is 11.8 Å². The van der Waals surface area contributed by atoms with Crippen molar-refractivity contribution in [2.24, 2.45) is 11.8 Å². The van der Waals surface area contributed by atoms with Crippen LogP contribution >= 0.6 is 12.4 Å². The number of carbonyl (C=O) groups is 1. The molecule has 2 heterocycles. The second kappa shape index (κ2) is 5.80. The molecule has 2 aliphatic heterocycles. The van der Waals surface area contributed by atoms with Crippen LogP contribution in [-0.2, 0) is 0 Å². The number of para-hydroxylation sites is 1. The highest BCUT2D eigenvalue weighted by molar-refractivity contribution is 5.97. The molecule has 2 fully saturated rings. The molecule has 0 saturated carbocycles. The third kappa shape index (κ3) is 2.55. The van der Waals surface area contributed by atoms with E-state index in [1.54, 1.807) is 7.11 Å². The fraction of sp³-hybridized carbons (Fsp3) is 0.500. The molecule has 0 aromatic heterocycles. The lowest BCUT2D eigenvalue weighted by molar-refractivity contribution is 0.0778. The van der Waals surface area contributed by atoms with E-state index in [2.05, 4.69) is 5.32 Å². The van der Waals surface area contributed by atoms with Crippen LogP contribution < -0.4 is 10.1 Å². The molecule has 19 heavy (non-hydrogen) atoms. The van der Waals surface area contributed by atoms with Crippen molar-refractivity contribution in [2.45, 2.75) is 0 Å². The fourth-order valence-corrected chi connectivity index (χ4v) is 3.01. The van der Waals surface area contributed by atoms with E-state index >= 15 is 0 Å². The van der Waals surface area contributed by atoms with Crippen molar-refractivity contribution in [3.63, 3.8) is 0 Å². The van der Waals surface area contributed by atoms with Crippen molar-refractivity contribution < 1.29 is 9.53 Å². The molecule has 4 nitrogen and oxygen atoms in total. The Bertz CT molecular complexity index is 455. The van der Waals surface area contributed by atoms with Gasteiger partial charge in [-0.25, -0.2) is 0 Å². The van der Waals surface area contributed by atoms with Crippen molar-refractivity contribution in [1.82, 2.24) is 10.2 Å². The van der Waals surface area contributed by atoms with E-state index in [1.807, 2.05) is 29.2 Å². The summed E-state index contributed by atoms with van der Waals surface area (Å²) in [4.78, 5) is 14.4. The Hall–Kier alpha value is -1.26. The van der Waals surface area contributed by atoms with Crippen molar-refractivity contribution in [1.29, 1.82) is 0 Å². The lowest BCUT2D eigenvalue weighted by atomic mass is 10.0. The Morgan fingerprint density at radius 3 is 2.53 bits per heavy atom. The number of nitrogens with one attached hydrogen (secondary N) is 1. The number of rotatable bonds is 2. The molecule has 3 rings (SSSR count). The normalized spacial score (nSPS) is 24.8. The summed E-state index contributed by atoms with van der Waals surface area (Å²) in [5.74, 6) is 2.02. The number of hydrogen-bond donors (Lipinski definition) is 1. The molecule has 2 saturated heterocycles. The third-order valence-corrected chi connectivity index (χ3v) is 4.01. The van der Waals surface area contributed by atoms with E-state index in [-0.39, 0.29) is 18.3 Å². The van der Waals surface area contributed by atoms with Gasteiger partial charge in [-0.15, -0.1) is 12.4 Å². The predicted octanol–water partition coefficient (Wildman–Crippen LogP) is 1.41. The number of ether oxygens (including phenoxy) is 1. The second-order valence-corrected chi connectivity index (χ2v) is 5.09. The SMILES string of the molecule is COc1ccccc1C(=O)N1C[C@H]2CNC[C@H]2C1.Cl. The van der Waals surface area contributed by atoms with Crippen LogP contribution in [0.3, 0.4) is 0 Å². The van der Waals surface area contributed by atoms with Crippen LogP contribution in [0.1, 0.15) is 10.4 Å². The number of fused-ring (bicyclic) bond motifs is 1. The van der Waals surface area contributed by atoms with E-state index in [4.69, 9.17) is 4.74 Å². The maximum absolute atomic E-state index is 12.5. The summed E-state index contributed by atoms with van der Waals surface area (Å²) in [6, 6.07) is 7.45. The maximum atomic E-state index is 12.5.